The predicted octanol–water partition coefficient (Wildman–Crippen LogP) is 0.555. The lowest BCUT2D eigenvalue weighted by Crippen LogP contribution is -2.33. The van der Waals surface area contributed by atoms with Crippen LogP contribution in [-0.4, -0.2) is 30.8 Å². The summed E-state index contributed by atoms with van der Waals surface area (Å²) in [6.07, 6.45) is 3.65. The fraction of sp³-hybridized carbons (Fsp3) is 0.727. The molecule has 1 rings (SSSR count). The van der Waals surface area contributed by atoms with Gasteiger partial charge in [0.15, 0.2) is 0 Å². The topological polar surface area (TPSA) is 90.0 Å². The minimum absolute atomic E-state index is 0.0899. The lowest BCUT2D eigenvalue weighted by atomic mass is 10.1. The maximum absolute atomic E-state index is 12.0. The maximum atomic E-state index is 12.0. The minimum atomic E-state index is -3.48. The second kappa shape index (κ2) is 6.31. The van der Waals surface area contributed by atoms with Crippen LogP contribution in [0, 0.1) is 5.92 Å². The molecule has 0 aliphatic rings. The van der Waals surface area contributed by atoms with E-state index in [9.17, 15) is 8.42 Å². The molecular weight excluding hydrogens is 252 g/mol. The van der Waals surface area contributed by atoms with Gasteiger partial charge in [-0.25, -0.2) is 13.1 Å². The van der Waals surface area contributed by atoms with E-state index in [2.05, 4.69) is 23.7 Å². The van der Waals surface area contributed by atoms with Crippen LogP contribution >= 0.6 is 0 Å². The molecule has 18 heavy (non-hydrogen) atoms. The quantitative estimate of drug-likeness (QED) is 0.760. The highest BCUT2D eigenvalue weighted by atomic mass is 32.2. The summed E-state index contributed by atoms with van der Waals surface area (Å²) in [6.45, 7) is 6.92. The Morgan fingerprint density at radius 3 is 2.67 bits per heavy atom. The number of nitrogens with one attached hydrogen (secondary N) is 1. The van der Waals surface area contributed by atoms with Gasteiger partial charge >= 0.3 is 0 Å². The average Bonchev–Trinajstić information content (AvgIpc) is 2.65. The van der Waals surface area contributed by atoms with E-state index < -0.39 is 10.0 Å². The van der Waals surface area contributed by atoms with Crippen LogP contribution < -0.4 is 10.5 Å². The van der Waals surface area contributed by atoms with Gasteiger partial charge in [0.05, 0.1) is 12.7 Å². The second-order valence-corrected chi connectivity index (χ2v) is 6.59. The molecule has 1 unspecified atom stereocenters. The van der Waals surface area contributed by atoms with Gasteiger partial charge in [-0.15, -0.1) is 0 Å². The van der Waals surface area contributed by atoms with Crippen LogP contribution in [0.5, 0.6) is 0 Å². The van der Waals surface area contributed by atoms with Crippen molar-refractivity contribution >= 4 is 10.0 Å². The van der Waals surface area contributed by atoms with E-state index >= 15 is 0 Å². The van der Waals surface area contributed by atoms with Crippen molar-refractivity contribution in [2.24, 2.45) is 11.7 Å². The lowest BCUT2D eigenvalue weighted by Gasteiger charge is -2.15. The fourth-order valence-electron chi connectivity index (χ4n) is 1.83. The van der Waals surface area contributed by atoms with E-state index in [0.717, 1.165) is 6.42 Å². The molecular formula is C11H22N4O2S. The number of aromatic nitrogens is 2. The Labute approximate surface area is 109 Å². The third-order valence-electron chi connectivity index (χ3n) is 2.46. The van der Waals surface area contributed by atoms with Gasteiger partial charge in [-0.05, 0) is 19.3 Å². The number of hydrogen-bond acceptors (Lipinski definition) is 4. The Kier molecular flexibility index (Phi) is 5.30. The molecule has 0 saturated heterocycles. The second-order valence-electron chi connectivity index (χ2n) is 4.88. The molecule has 1 heterocycles. The number of nitrogens with zero attached hydrogens (tertiary/aromatic N) is 2. The summed E-state index contributed by atoms with van der Waals surface area (Å²) in [4.78, 5) is 0.187. The molecule has 3 N–H and O–H groups in total. The first-order valence-corrected chi connectivity index (χ1v) is 7.58. The highest BCUT2D eigenvalue weighted by Crippen LogP contribution is 2.11. The zero-order valence-electron chi connectivity index (χ0n) is 11.1. The molecule has 6 nitrogen and oxygen atoms in total. The van der Waals surface area contributed by atoms with Crippen molar-refractivity contribution in [1.82, 2.24) is 14.5 Å². The first kappa shape index (κ1) is 15.1. The summed E-state index contributed by atoms with van der Waals surface area (Å²) in [7, 11) is -3.48. The predicted molar refractivity (Wildman–Crippen MR) is 70.5 cm³/mol. The van der Waals surface area contributed by atoms with Crippen LogP contribution in [0.2, 0.25) is 0 Å². The number of rotatable bonds is 7. The largest absolute Gasteiger partial charge is 0.329 e. The molecule has 0 bridgehead atoms. The lowest BCUT2D eigenvalue weighted by molar-refractivity contribution is 0.482. The SMILES string of the molecule is CC(C)CC(C)NS(=O)(=O)c1cnn(CCN)c1. The van der Waals surface area contributed by atoms with Crippen molar-refractivity contribution in [2.45, 2.75) is 44.7 Å². The Balaban J connectivity index is 2.73. The summed E-state index contributed by atoms with van der Waals surface area (Å²) in [6, 6.07) is -0.0899. The first-order valence-electron chi connectivity index (χ1n) is 6.10. The first-order chi connectivity index (χ1) is 8.35. The summed E-state index contributed by atoms with van der Waals surface area (Å²) < 4.78 is 28.3. The van der Waals surface area contributed by atoms with Crippen molar-refractivity contribution < 1.29 is 8.42 Å². The van der Waals surface area contributed by atoms with Gasteiger partial charge in [0.25, 0.3) is 0 Å². The molecule has 1 aromatic rings. The van der Waals surface area contributed by atoms with Gasteiger partial charge in [0.2, 0.25) is 10.0 Å². The molecule has 104 valence electrons. The molecule has 0 amide bonds. The van der Waals surface area contributed by atoms with E-state index in [1.54, 1.807) is 0 Å². The van der Waals surface area contributed by atoms with Crippen LogP contribution in [0.15, 0.2) is 17.3 Å². The number of nitrogens with two attached hydrogens (primary N) is 1. The van der Waals surface area contributed by atoms with Crippen molar-refractivity contribution in [2.75, 3.05) is 6.54 Å². The van der Waals surface area contributed by atoms with E-state index in [0.29, 0.717) is 19.0 Å². The molecule has 7 heteroatoms. The van der Waals surface area contributed by atoms with E-state index in [1.165, 1.54) is 17.1 Å². The average molecular weight is 274 g/mol. The zero-order valence-corrected chi connectivity index (χ0v) is 11.9. The van der Waals surface area contributed by atoms with Crippen molar-refractivity contribution in [3.63, 3.8) is 0 Å². The third kappa shape index (κ3) is 4.40. The highest BCUT2D eigenvalue weighted by Gasteiger charge is 2.19. The van der Waals surface area contributed by atoms with E-state index in [-0.39, 0.29) is 10.9 Å². The molecule has 0 fully saturated rings. The molecule has 1 aromatic heterocycles. The molecule has 0 saturated carbocycles. The molecule has 0 aromatic carbocycles. The smallest absolute Gasteiger partial charge is 0.243 e. The molecule has 0 aliphatic heterocycles. The summed E-state index contributed by atoms with van der Waals surface area (Å²) in [5, 5.41) is 3.96. The Bertz CT molecular complexity index is 467. The summed E-state index contributed by atoms with van der Waals surface area (Å²) in [5.74, 6) is 0.447. The van der Waals surface area contributed by atoms with Crippen molar-refractivity contribution in [3.8, 4) is 0 Å². The van der Waals surface area contributed by atoms with E-state index in [1.807, 2.05) is 6.92 Å². The van der Waals surface area contributed by atoms with Gasteiger partial charge in [-0.2, -0.15) is 5.10 Å². The number of sulfonamides is 1. The van der Waals surface area contributed by atoms with Crippen LogP contribution in [-0.2, 0) is 16.6 Å². The monoisotopic (exact) mass is 274 g/mol. The van der Waals surface area contributed by atoms with Gasteiger partial charge in [0, 0.05) is 18.8 Å². The minimum Gasteiger partial charge on any atom is -0.329 e. The van der Waals surface area contributed by atoms with Crippen molar-refractivity contribution in [1.29, 1.82) is 0 Å². The molecule has 0 spiro atoms. The van der Waals surface area contributed by atoms with Gasteiger partial charge in [0.1, 0.15) is 4.90 Å². The van der Waals surface area contributed by atoms with Crippen molar-refractivity contribution in [3.05, 3.63) is 12.4 Å². The Morgan fingerprint density at radius 1 is 1.44 bits per heavy atom. The van der Waals surface area contributed by atoms with Crippen LogP contribution in [0.25, 0.3) is 0 Å². The molecule has 1 atom stereocenters. The summed E-state index contributed by atoms with van der Waals surface area (Å²) in [5.41, 5.74) is 5.39. The molecule has 0 aliphatic carbocycles. The van der Waals surface area contributed by atoms with Gasteiger partial charge in [-0.1, -0.05) is 13.8 Å². The van der Waals surface area contributed by atoms with Gasteiger partial charge < -0.3 is 5.73 Å². The Morgan fingerprint density at radius 2 is 2.11 bits per heavy atom. The highest BCUT2D eigenvalue weighted by molar-refractivity contribution is 7.89. The van der Waals surface area contributed by atoms with Crippen LogP contribution in [0.1, 0.15) is 27.2 Å². The van der Waals surface area contributed by atoms with E-state index in [4.69, 9.17) is 5.73 Å². The normalized spacial score (nSPS) is 14.1. The standard InChI is InChI=1S/C11H22N4O2S/c1-9(2)6-10(3)14-18(16,17)11-7-13-15(8-11)5-4-12/h7-10,14H,4-6,12H2,1-3H3. The van der Waals surface area contributed by atoms with Crippen LogP contribution in [0.3, 0.4) is 0 Å². The third-order valence-corrected chi connectivity index (χ3v) is 4.00. The number of hydrogen-bond donors (Lipinski definition) is 2. The molecule has 0 radical (unpaired) electrons. The maximum Gasteiger partial charge on any atom is 0.243 e. The van der Waals surface area contributed by atoms with Crippen LogP contribution in [0.4, 0.5) is 0 Å². The fourth-order valence-corrected chi connectivity index (χ4v) is 3.03. The summed E-state index contributed by atoms with van der Waals surface area (Å²) >= 11 is 0. The zero-order chi connectivity index (χ0) is 13.8. The Hall–Kier alpha value is -0.920. The van der Waals surface area contributed by atoms with Gasteiger partial charge in [-0.3, -0.25) is 4.68 Å².